The number of hydrogen-bond donors (Lipinski definition) is 0. The zero-order chi connectivity index (χ0) is 20.6. The van der Waals surface area contributed by atoms with Crippen LogP contribution in [0.5, 0.6) is 0 Å². The van der Waals surface area contributed by atoms with Crippen molar-refractivity contribution in [2.24, 2.45) is 0 Å². The Kier molecular flexibility index (Phi) is 5.25. The second kappa shape index (κ2) is 7.71. The topological polar surface area (TPSA) is 60.9 Å². The van der Waals surface area contributed by atoms with Crippen molar-refractivity contribution in [2.75, 3.05) is 47.7 Å². The first-order valence-corrected chi connectivity index (χ1v) is 11.7. The second-order valence-electron chi connectivity index (χ2n) is 7.86. The van der Waals surface area contributed by atoms with Gasteiger partial charge in [-0.05, 0) is 56.2 Å². The minimum Gasteiger partial charge on any atom is -0.368 e. The van der Waals surface area contributed by atoms with Crippen molar-refractivity contribution in [3.05, 3.63) is 59.2 Å². The second-order valence-corrected chi connectivity index (χ2v) is 9.87. The van der Waals surface area contributed by atoms with Gasteiger partial charge in [-0.15, -0.1) is 0 Å². The molecule has 0 unspecified atom stereocenters. The summed E-state index contributed by atoms with van der Waals surface area (Å²) in [5, 5.41) is 0. The number of aryl methyl sites for hydroxylation is 2. The van der Waals surface area contributed by atoms with Crippen molar-refractivity contribution in [3.63, 3.8) is 0 Å². The van der Waals surface area contributed by atoms with E-state index < -0.39 is 10.0 Å². The van der Waals surface area contributed by atoms with Crippen molar-refractivity contribution >= 4 is 27.3 Å². The molecule has 0 radical (unpaired) electrons. The van der Waals surface area contributed by atoms with Gasteiger partial charge in [-0.25, -0.2) is 8.42 Å². The zero-order valence-electron chi connectivity index (χ0n) is 17.0. The maximum atomic E-state index is 12.9. The number of amides is 1. The minimum absolute atomic E-state index is 0.00103. The lowest BCUT2D eigenvalue weighted by atomic mass is 10.1. The maximum Gasteiger partial charge on any atom is 0.253 e. The van der Waals surface area contributed by atoms with Gasteiger partial charge < -0.3 is 9.80 Å². The maximum absolute atomic E-state index is 12.9. The average Bonchev–Trinajstić information content (AvgIpc) is 3.07. The van der Waals surface area contributed by atoms with E-state index in [4.69, 9.17) is 0 Å². The zero-order valence-corrected chi connectivity index (χ0v) is 17.8. The number of anilines is 2. The van der Waals surface area contributed by atoms with E-state index in [-0.39, 0.29) is 11.7 Å². The molecule has 2 heterocycles. The van der Waals surface area contributed by atoms with Crippen LogP contribution in [0, 0.1) is 13.8 Å². The lowest BCUT2D eigenvalue weighted by Crippen LogP contribution is -2.49. The minimum atomic E-state index is -3.20. The van der Waals surface area contributed by atoms with Gasteiger partial charge in [0, 0.05) is 44.0 Å². The predicted molar refractivity (Wildman–Crippen MR) is 116 cm³/mol. The van der Waals surface area contributed by atoms with E-state index in [1.807, 2.05) is 4.90 Å². The van der Waals surface area contributed by atoms with Gasteiger partial charge in [0.05, 0.1) is 11.4 Å². The first kappa shape index (κ1) is 19.8. The lowest BCUT2D eigenvalue weighted by Gasteiger charge is -2.37. The number of carbonyl (C=O) groups is 1. The molecule has 7 heteroatoms. The fourth-order valence-corrected chi connectivity index (χ4v) is 5.76. The van der Waals surface area contributed by atoms with E-state index in [1.54, 1.807) is 24.3 Å². The molecule has 0 aromatic heterocycles. The Labute approximate surface area is 172 Å². The molecule has 2 aliphatic rings. The number of hydrogen-bond acceptors (Lipinski definition) is 4. The summed E-state index contributed by atoms with van der Waals surface area (Å²) in [4.78, 5) is 17.1. The summed E-state index contributed by atoms with van der Waals surface area (Å²) in [6, 6.07) is 13.4. The Morgan fingerprint density at radius 3 is 2.17 bits per heavy atom. The van der Waals surface area contributed by atoms with E-state index in [0.29, 0.717) is 37.3 Å². The molecule has 0 atom stereocenters. The average molecular weight is 414 g/mol. The highest BCUT2D eigenvalue weighted by Crippen LogP contribution is 2.25. The summed E-state index contributed by atoms with van der Waals surface area (Å²) in [5.74, 6) is 0.194. The van der Waals surface area contributed by atoms with Crippen LogP contribution in [0.25, 0.3) is 0 Å². The summed E-state index contributed by atoms with van der Waals surface area (Å²) >= 11 is 0. The van der Waals surface area contributed by atoms with Gasteiger partial charge in [0.2, 0.25) is 10.0 Å². The normalized spacial score (nSPS) is 18.9. The lowest BCUT2D eigenvalue weighted by molar-refractivity contribution is 0.0747. The van der Waals surface area contributed by atoms with Gasteiger partial charge in [-0.3, -0.25) is 9.10 Å². The van der Waals surface area contributed by atoms with Crippen LogP contribution in [0.3, 0.4) is 0 Å². The molecule has 2 aromatic carbocycles. The monoisotopic (exact) mass is 413 g/mol. The molecule has 2 aliphatic heterocycles. The highest BCUT2D eigenvalue weighted by atomic mass is 32.2. The SMILES string of the molecule is Cc1ccc(N2CCN(C(=O)c3ccc(N4CCCS4(=O)=O)cc3)CC2)c(C)c1. The van der Waals surface area contributed by atoms with Gasteiger partial charge in [0.1, 0.15) is 0 Å². The van der Waals surface area contributed by atoms with Crippen molar-refractivity contribution in [2.45, 2.75) is 20.3 Å². The number of carbonyl (C=O) groups excluding carboxylic acids is 1. The molecule has 2 fully saturated rings. The van der Waals surface area contributed by atoms with Gasteiger partial charge in [0.25, 0.3) is 5.91 Å². The number of benzene rings is 2. The van der Waals surface area contributed by atoms with Crippen LogP contribution >= 0.6 is 0 Å². The van der Waals surface area contributed by atoms with Gasteiger partial charge in [0.15, 0.2) is 0 Å². The van der Waals surface area contributed by atoms with E-state index in [1.165, 1.54) is 21.1 Å². The largest absolute Gasteiger partial charge is 0.368 e. The van der Waals surface area contributed by atoms with Crippen LogP contribution in [0.1, 0.15) is 27.9 Å². The molecule has 154 valence electrons. The van der Waals surface area contributed by atoms with Crippen molar-refractivity contribution in [1.82, 2.24) is 4.90 Å². The molecule has 0 aliphatic carbocycles. The first-order valence-electron chi connectivity index (χ1n) is 10.1. The van der Waals surface area contributed by atoms with Crippen LogP contribution < -0.4 is 9.21 Å². The van der Waals surface area contributed by atoms with Crippen LogP contribution in [-0.2, 0) is 10.0 Å². The summed E-state index contributed by atoms with van der Waals surface area (Å²) < 4.78 is 25.6. The standard InChI is InChI=1S/C22H27N3O3S/c1-17-4-9-21(18(2)16-17)23-11-13-24(14-12-23)22(26)19-5-7-20(8-6-19)25-10-3-15-29(25,27)28/h4-9,16H,3,10-15H2,1-2H3. The Morgan fingerprint density at radius 1 is 0.897 bits per heavy atom. The Morgan fingerprint density at radius 2 is 1.59 bits per heavy atom. The Bertz CT molecular complexity index is 1010. The summed E-state index contributed by atoms with van der Waals surface area (Å²) in [7, 11) is -3.20. The fraction of sp³-hybridized carbons (Fsp3) is 0.409. The molecule has 2 aromatic rings. The molecule has 0 bridgehead atoms. The molecule has 0 saturated carbocycles. The van der Waals surface area contributed by atoms with Crippen molar-refractivity contribution in [3.8, 4) is 0 Å². The van der Waals surface area contributed by atoms with E-state index >= 15 is 0 Å². The van der Waals surface area contributed by atoms with Gasteiger partial charge in [-0.2, -0.15) is 0 Å². The summed E-state index contributed by atoms with van der Waals surface area (Å²) in [6.45, 7) is 7.69. The molecular weight excluding hydrogens is 386 g/mol. The number of nitrogens with zero attached hydrogens (tertiary/aromatic N) is 3. The molecule has 29 heavy (non-hydrogen) atoms. The molecule has 2 saturated heterocycles. The smallest absolute Gasteiger partial charge is 0.253 e. The number of rotatable bonds is 3. The number of sulfonamides is 1. The third-order valence-electron chi connectivity index (χ3n) is 5.76. The highest BCUT2D eigenvalue weighted by molar-refractivity contribution is 7.93. The quantitative estimate of drug-likeness (QED) is 0.776. The highest BCUT2D eigenvalue weighted by Gasteiger charge is 2.29. The molecule has 0 spiro atoms. The molecule has 4 rings (SSSR count). The third kappa shape index (κ3) is 3.96. The van der Waals surface area contributed by atoms with Crippen LogP contribution in [0.2, 0.25) is 0 Å². The molecule has 1 amide bonds. The molecule has 0 N–H and O–H groups in total. The van der Waals surface area contributed by atoms with Gasteiger partial charge in [-0.1, -0.05) is 17.7 Å². The fourth-order valence-electron chi connectivity index (χ4n) is 4.19. The summed E-state index contributed by atoms with van der Waals surface area (Å²) in [6.07, 6.45) is 0.647. The first-order chi connectivity index (χ1) is 13.8. The van der Waals surface area contributed by atoms with Crippen molar-refractivity contribution in [1.29, 1.82) is 0 Å². The molecule has 6 nitrogen and oxygen atoms in total. The van der Waals surface area contributed by atoms with Crippen LogP contribution in [0.4, 0.5) is 11.4 Å². The van der Waals surface area contributed by atoms with Gasteiger partial charge >= 0.3 is 0 Å². The summed E-state index contributed by atoms with van der Waals surface area (Å²) in [5.41, 5.74) is 4.99. The van der Waals surface area contributed by atoms with E-state index in [2.05, 4.69) is 36.9 Å². The predicted octanol–water partition coefficient (Wildman–Crippen LogP) is 2.81. The Hall–Kier alpha value is -2.54. The Balaban J connectivity index is 1.41. The van der Waals surface area contributed by atoms with Crippen LogP contribution in [0.15, 0.2) is 42.5 Å². The molecular formula is C22H27N3O3S. The third-order valence-corrected chi connectivity index (χ3v) is 7.63. The number of piperazine rings is 1. The van der Waals surface area contributed by atoms with Crippen LogP contribution in [-0.4, -0.2) is 57.7 Å². The van der Waals surface area contributed by atoms with E-state index in [9.17, 15) is 13.2 Å². The van der Waals surface area contributed by atoms with Crippen molar-refractivity contribution < 1.29 is 13.2 Å². The van der Waals surface area contributed by atoms with E-state index in [0.717, 1.165) is 13.1 Å².